The average Bonchev–Trinajstić information content (AvgIpc) is 2.48. The zero-order valence-corrected chi connectivity index (χ0v) is 13.0. The molecule has 1 aliphatic rings. The first-order chi connectivity index (χ1) is 9.70. The molecule has 0 bridgehead atoms. The van der Waals surface area contributed by atoms with Crippen molar-refractivity contribution in [1.29, 1.82) is 0 Å². The maximum Gasteiger partial charge on any atom is 0.0858 e. The molecule has 20 heavy (non-hydrogen) atoms. The summed E-state index contributed by atoms with van der Waals surface area (Å²) in [6, 6.07) is 11.7. The maximum absolute atomic E-state index is 6.04. The molecule has 1 fully saturated rings. The second-order valence-electron chi connectivity index (χ2n) is 5.85. The van der Waals surface area contributed by atoms with Crippen LogP contribution in [-0.2, 0) is 11.2 Å². The molecule has 1 heterocycles. The predicted octanol–water partition coefficient (Wildman–Crippen LogP) is 2.32. The highest BCUT2D eigenvalue weighted by molar-refractivity contribution is 5.16. The average molecular weight is 276 g/mol. The van der Waals surface area contributed by atoms with E-state index in [0.717, 1.165) is 32.7 Å². The van der Waals surface area contributed by atoms with Crippen molar-refractivity contribution >= 4 is 0 Å². The normalized spacial score (nSPS) is 22.1. The molecule has 3 heteroatoms. The van der Waals surface area contributed by atoms with E-state index >= 15 is 0 Å². The molecular weight excluding hydrogens is 248 g/mol. The Morgan fingerprint density at radius 1 is 1.30 bits per heavy atom. The predicted molar refractivity (Wildman–Crippen MR) is 84.1 cm³/mol. The highest BCUT2D eigenvalue weighted by atomic mass is 16.5. The van der Waals surface area contributed by atoms with Gasteiger partial charge >= 0.3 is 0 Å². The van der Waals surface area contributed by atoms with Crippen molar-refractivity contribution in [3.05, 3.63) is 35.9 Å². The van der Waals surface area contributed by atoms with Crippen molar-refractivity contribution in [3.63, 3.8) is 0 Å². The number of nitrogens with one attached hydrogen (secondary N) is 1. The first-order valence-corrected chi connectivity index (χ1v) is 7.83. The molecule has 1 saturated heterocycles. The monoisotopic (exact) mass is 276 g/mol. The van der Waals surface area contributed by atoms with Gasteiger partial charge in [0, 0.05) is 25.2 Å². The number of benzene rings is 1. The Balaban J connectivity index is 2.00. The summed E-state index contributed by atoms with van der Waals surface area (Å²) in [6.07, 6.45) is 1.32. The quantitative estimate of drug-likeness (QED) is 0.863. The fourth-order valence-electron chi connectivity index (χ4n) is 2.87. The van der Waals surface area contributed by atoms with E-state index in [4.69, 9.17) is 4.74 Å². The topological polar surface area (TPSA) is 24.5 Å². The number of rotatable bonds is 6. The van der Waals surface area contributed by atoms with E-state index in [0.29, 0.717) is 12.1 Å². The minimum absolute atomic E-state index is 0.284. The van der Waals surface area contributed by atoms with E-state index < -0.39 is 0 Å². The Kier molecular flexibility index (Phi) is 6.02. The molecule has 0 amide bonds. The third-order valence-corrected chi connectivity index (χ3v) is 4.07. The smallest absolute Gasteiger partial charge is 0.0858 e. The Morgan fingerprint density at radius 2 is 2.05 bits per heavy atom. The Labute approximate surface area is 123 Å². The number of hydrogen-bond acceptors (Lipinski definition) is 3. The molecule has 1 N–H and O–H groups in total. The fourth-order valence-corrected chi connectivity index (χ4v) is 2.87. The molecule has 1 aliphatic heterocycles. The third-order valence-electron chi connectivity index (χ3n) is 4.07. The molecule has 0 radical (unpaired) electrons. The van der Waals surface area contributed by atoms with Crippen LogP contribution in [0.1, 0.15) is 26.3 Å². The van der Waals surface area contributed by atoms with Crippen molar-refractivity contribution in [3.8, 4) is 0 Å². The van der Waals surface area contributed by atoms with Gasteiger partial charge in [-0.3, -0.25) is 4.90 Å². The summed E-state index contributed by atoms with van der Waals surface area (Å²) in [7, 11) is 0. The largest absolute Gasteiger partial charge is 0.374 e. The summed E-state index contributed by atoms with van der Waals surface area (Å²) in [4.78, 5) is 2.52. The summed E-state index contributed by atoms with van der Waals surface area (Å²) in [5.74, 6) is 0. The summed E-state index contributed by atoms with van der Waals surface area (Å²) < 4.78 is 6.04. The number of morpholine rings is 1. The van der Waals surface area contributed by atoms with Crippen molar-refractivity contribution in [2.24, 2.45) is 0 Å². The summed E-state index contributed by atoms with van der Waals surface area (Å²) in [6.45, 7) is 10.6. The zero-order chi connectivity index (χ0) is 14.4. The molecule has 0 spiro atoms. The highest BCUT2D eigenvalue weighted by Crippen LogP contribution is 2.15. The van der Waals surface area contributed by atoms with Gasteiger partial charge in [0.05, 0.1) is 12.7 Å². The van der Waals surface area contributed by atoms with E-state index in [-0.39, 0.29) is 6.10 Å². The highest BCUT2D eigenvalue weighted by Gasteiger charge is 2.28. The minimum atomic E-state index is 0.284. The van der Waals surface area contributed by atoms with Crippen LogP contribution in [0, 0.1) is 0 Å². The molecule has 0 aliphatic carbocycles. The molecule has 1 aromatic rings. The lowest BCUT2D eigenvalue weighted by Gasteiger charge is -2.39. The van der Waals surface area contributed by atoms with Crippen molar-refractivity contribution in [2.45, 2.75) is 45.4 Å². The van der Waals surface area contributed by atoms with Crippen LogP contribution in [0.3, 0.4) is 0 Å². The second kappa shape index (κ2) is 7.77. The Morgan fingerprint density at radius 3 is 2.70 bits per heavy atom. The number of ether oxygens (including phenoxy) is 1. The van der Waals surface area contributed by atoms with Gasteiger partial charge in [0.2, 0.25) is 0 Å². The minimum Gasteiger partial charge on any atom is -0.374 e. The molecule has 3 nitrogen and oxygen atoms in total. The van der Waals surface area contributed by atoms with Crippen LogP contribution >= 0.6 is 0 Å². The van der Waals surface area contributed by atoms with Gasteiger partial charge in [0.25, 0.3) is 0 Å². The molecule has 2 atom stereocenters. The summed E-state index contributed by atoms with van der Waals surface area (Å²) >= 11 is 0. The molecule has 0 saturated carbocycles. The molecule has 112 valence electrons. The molecule has 0 aromatic heterocycles. The molecule has 2 rings (SSSR count). The van der Waals surface area contributed by atoms with Crippen molar-refractivity contribution in [2.75, 3.05) is 26.2 Å². The number of likely N-dealkylation sites (N-methyl/N-ethyl adjacent to an activating group) is 1. The van der Waals surface area contributed by atoms with Crippen LogP contribution in [0.2, 0.25) is 0 Å². The van der Waals surface area contributed by atoms with E-state index in [9.17, 15) is 0 Å². The molecule has 2 unspecified atom stereocenters. The fraction of sp³-hybridized carbons (Fsp3) is 0.647. The maximum atomic E-state index is 6.04. The van der Waals surface area contributed by atoms with Crippen LogP contribution in [-0.4, -0.2) is 49.3 Å². The Bertz CT molecular complexity index is 380. The van der Waals surface area contributed by atoms with Crippen LogP contribution < -0.4 is 5.32 Å². The number of nitrogens with zero attached hydrogens (tertiary/aromatic N) is 1. The summed E-state index contributed by atoms with van der Waals surface area (Å²) in [5.41, 5.74) is 1.38. The standard InChI is InChI=1S/C17H28N2O/c1-4-18-16(12-15-8-6-5-7-9-15)17-13-19(14(2)3)10-11-20-17/h5-9,14,16-18H,4,10-13H2,1-3H3. The van der Waals surface area contributed by atoms with Gasteiger partial charge in [-0.15, -0.1) is 0 Å². The number of hydrogen-bond donors (Lipinski definition) is 1. The van der Waals surface area contributed by atoms with E-state index in [2.05, 4.69) is 61.3 Å². The van der Waals surface area contributed by atoms with Gasteiger partial charge in [0.1, 0.15) is 0 Å². The first kappa shape index (κ1) is 15.5. The van der Waals surface area contributed by atoms with Gasteiger partial charge in [-0.05, 0) is 32.4 Å². The van der Waals surface area contributed by atoms with Crippen LogP contribution in [0.15, 0.2) is 30.3 Å². The van der Waals surface area contributed by atoms with Crippen LogP contribution in [0.4, 0.5) is 0 Å². The lowest BCUT2D eigenvalue weighted by Crippen LogP contribution is -2.54. The Hall–Kier alpha value is -0.900. The van der Waals surface area contributed by atoms with E-state index in [1.165, 1.54) is 5.56 Å². The summed E-state index contributed by atoms with van der Waals surface area (Å²) in [5, 5.41) is 3.61. The van der Waals surface area contributed by atoms with Gasteiger partial charge < -0.3 is 10.1 Å². The van der Waals surface area contributed by atoms with E-state index in [1.807, 2.05) is 0 Å². The first-order valence-electron chi connectivity index (χ1n) is 7.83. The van der Waals surface area contributed by atoms with Gasteiger partial charge in [-0.2, -0.15) is 0 Å². The lowest BCUT2D eigenvalue weighted by molar-refractivity contribution is -0.0550. The van der Waals surface area contributed by atoms with Crippen LogP contribution in [0.5, 0.6) is 0 Å². The van der Waals surface area contributed by atoms with Gasteiger partial charge in [-0.1, -0.05) is 37.3 Å². The lowest BCUT2D eigenvalue weighted by atomic mass is 9.99. The van der Waals surface area contributed by atoms with Crippen molar-refractivity contribution < 1.29 is 4.74 Å². The van der Waals surface area contributed by atoms with Crippen LogP contribution in [0.25, 0.3) is 0 Å². The third kappa shape index (κ3) is 4.30. The molecular formula is C17H28N2O. The van der Waals surface area contributed by atoms with Gasteiger partial charge in [0.15, 0.2) is 0 Å². The second-order valence-corrected chi connectivity index (χ2v) is 5.85. The SMILES string of the molecule is CCNC(Cc1ccccc1)C1CN(C(C)C)CCO1. The molecule has 1 aromatic carbocycles. The van der Waals surface area contributed by atoms with Gasteiger partial charge in [-0.25, -0.2) is 0 Å². The zero-order valence-electron chi connectivity index (χ0n) is 13.0. The van der Waals surface area contributed by atoms with E-state index in [1.54, 1.807) is 0 Å². The van der Waals surface area contributed by atoms with Crippen molar-refractivity contribution in [1.82, 2.24) is 10.2 Å².